The molecule has 4 rings (SSSR count). The van der Waals surface area contributed by atoms with E-state index in [2.05, 4.69) is 20.6 Å². The maximum Gasteiger partial charge on any atom is 0.231 e. The van der Waals surface area contributed by atoms with Gasteiger partial charge in [-0.15, -0.1) is 0 Å². The molecule has 6 nitrogen and oxygen atoms in total. The predicted molar refractivity (Wildman–Crippen MR) is 102 cm³/mol. The van der Waals surface area contributed by atoms with Crippen molar-refractivity contribution in [1.82, 2.24) is 9.97 Å². The number of nitrogens with zero attached hydrogens (tertiary/aromatic N) is 2. The van der Waals surface area contributed by atoms with Crippen molar-refractivity contribution in [2.24, 2.45) is 0 Å². The summed E-state index contributed by atoms with van der Waals surface area (Å²) in [5.74, 6) is 3.16. The summed E-state index contributed by atoms with van der Waals surface area (Å²) >= 11 is 0. The lowest BCUT2D eigenvalue weighted by molar-refractivity contribution is 0.174. The van der Waals surface area contributed by atoms with Gasteiger partial charge >= 0.3 is 0 Å². The Morgan fingerprint density at radius 1 is 1.00 bits per heavy atom. The number of fused-ring (bicyclic) bond motifs is 1. The molecule has 0 bridgehead atoms. The summed E-state index contributed by atoms with van der Waals surface area (Å²) in [6, 6.07) is 8.51. The van der Waals surface area contributed by atoms with Crippen molar-refractivity contribution in [2.75, 3.05) is 17.4 Å². The summed E-state index contributed by atoms with van der Waals surface area (Å²) in [6.07, 6.45) is 7.76. The maximum absolute atomic E-state index is 5.43. The molecule has 0 amide bonds. The second-order valence-electron chi connectivity index (χ2n) is 7.09. The molecular formula is C20H26N4O2. The van der Waals surface area contributed by atoms with Gasteiger partial charge < -0.3 is 20.1 Å². The number of aryl methyl sites for hydroxylation is 1. The van der Waals surface area contributed by atoms with E-state index >= 15 is 0 Å². The molecule has 6 heteroatoms. The van der Waals surface area contributed by atoms with E-state index in [0.717, 1.165) is 28.6 Å². The smallest absolute Gasteiger partial charge is 0.231 e. The van der Waals surface area contributed by atoms with E-state index in [0.29, 0.717) is 25.3 Å². The Kier molecular flexibility index (Phi) is 5.09. The number of benzene rings is 1. The normalized spacial score (nSPS) is 17.0. The second-order valence-corrected chi connectivity index (χ2v) is 7.09. The molecule has 2 aromatic rings. The van der Waals surface area contributed by atoms with Crippen molar-refractivity contribution in [3.8, 4) is 11.5 Å². The number of anilines is 2. The fraction of sp³-hybridized carbons (Fsp3) is 0.500. The Morgan fingerprint density at radius 3 is 2.65 bits per heavy atom. The SMILES string of the molecule is Cc1cc(NC2CCCCCC2)nc(NCc2ccc3c(c2)OCO3)n1. The van der Waals surface area contributed by atoms with E-state index in [9.17, 15) is 0 Å². The molecule has 138 valence electrons. The lowest BCUT2D eigenvalue weighted by atomic mass is 10.1. The first-order chi connectivity index (χ1) is 12.8. The lowest BCUT2D eigenvalue weighted by Crippen LogP contribution is -2.19. The summed E-state index contributed by atoms with van der Waals surface area (Å²) in [4.78, 5) is 9.17. The van der Waals surface area contributed by atoms with Crippen LogP contribution in [0.2, 0.25) is 0 Å². The Bertz CT molecular complexity index is 757. The molecule has 1 aromatic carbocycles. The van der Waals surface area contributed by atoms with Crippen LogP contribution in [0, 0.1) is 6.92 Å². The van der Waals surface area contributed by atoms with Crippen molar-refractivity contribution in [1.29, 1.82) is 0 Å². The van der Waals surface area contributed by atoms with E-state index in [-0.39, 0.29) is 0 Å². The standard InChI is InChI=1S/C20H26N4O2/c1-14-10-19(23-16-6-4-2-3-5-7-16)24-20(22-14)21-12-15-8-9-17-18(11-15)26-13-25-17/h8-11,16H,2-7,12-13H2,1H3,(H2,21,22,23,24). The van der Waals surface area contributed by atoms with Gasteiger partial charge in [-0.2, -0.15) is 4.98 Å². The Hall–Kier alpha value is -2.50. The number of aromatic nitrogens is 2. The van der Waals surface area contributed by atoms with Crippen LogP contribution in [0.25, 0.3) is 0 Å². The highest BCUT2D eigenvalue weighted by atomic mass is 16.7. The van der Waals surface area contributed by atoms with E-state index in [4.69, 9.17) is 9.47 Å². The number of ether oxygens (including phenoxy) is 2. The molecule has 0 atom stereocenters. The number of nitrogens with one attached hydrogen (secondary N) is 2. The predicted octanol–water partition coefficient (Wildman–Crippen LogP) is 4.26. The molecule has 2 N–H and O–H groups in total. The topological polar surface area (TPSA) is 68.3 Å². The van der Waals surface area contributed by atoms with Crippen molar-refractivity contribution >= 4 is 11.8 Å². The van der Waals surface area contributed by atoms with E-state index in [1.54, 1.807) is 0 Å². The molecule has 0 radical (unpaired) electrons. The zero-order chi connectivity index (χ0) is 17.8. The number of hydrogen-bond donors (Lipinski definition) is 2. The van der Waals surface area contributed by atoms with Gasteiger partial charge in [0.05, 0.1) is 0 Å². The van der Waals surface area contributed by atoms with Crippen molar-refractivity contribution in [2.45, 2.75) is 58.0 Å². The molecule has 26 heavy (non-hydrogen) atoms. The van der Waals surface area contributed by atoms with Crippen LogP contribution in [-0.4, -0.2) is 22.8 Å². The van der Waals surface area contributed by atoms with Gasteiger partial charge in [0.1, 0.15) is 5.82 Å². The molecule has 1 aromatic heterocycles. The van der Waals surface area contributed by atoms with Gasteiger partial charge in [0.15, 0.2) is 11.5 Å². The largest absolute Gasteiger partial charge is 0.454 e. The third-order valence-corrected chi connectivity index (χ3v) is 4.95. The van der Waals surface area contributed by atoms with E-state index < -0.39 is 0 Å². The van der Waals surface area contributed by atoms with Gasteiger partial charge in [-0.05, 0) is 37.5 Å². The highest BCUT2D eigenvalue weighted by Gasteiger charge is 2.15. The van der Waals surface area contributed by atoms with Gasteiger partial charge in [0.2, 0.25) is 12.7 Å². The molecule has 1 aliphatic heterocycles. The minimum absolute atomic E-state index is 0.295. The minimum Gasteiger partial charge on any atom is -0.454 e. The maximum atomic E-state index is 5.43. The van der Waals surface area contributed by atoms with Crippen LogP contribution in [0.4, 0.5) is 11.8 Å². The van der Waals surface area contributed by atoms with Gasteiger partial charge in [-0.25, -0.2) is 4.98 Å². The summed E-state index contributed by atoms with van der Waals surface area (Å²) in [7, 11) is 0. The van der Waals surface area contributed by atoms with Crippen molar-refractivity contribution in [3.05, 3.63) is 35.5 Å². The first kappa shape index (κ1) is 16.9. The summed E-state index contributed by atoms with van der Waals surface area (Å²) in [6.45, 7) is 2.94. The van der Waals surface area contributed by atoms with Gasteiger partial charge in [0.25, 0.3) is 0 Å². The first-order valence-corrected chi connectivity index (χ1v) is 9.51. The molecule has 0 unspecified atom stereocenters. The third kappa shape index (κ3) is 4.18. The summed E-state index contributed by atoms with van der Waals surface area (Å²) in [5, 5.41) is 6.93. The van der Waals surface area contributed by atoms with Gasteiger partial charge in [-0.3, -0.25) is 0 Å². The molecular weight excluding hydrogens is 328 g/mol. The highest BCUT2D eigenvalue weighted by Crippen LogP contribution is 2.32. The molecule has 1 saturated carbocycles. The second kappa shape index (κ2) is 7.81. The highest BCUT2D eigenvalue weighted by molar-refractivity contribution is 5.46. The monoisotopic (exact) mass is 354 g/mol. The molecule has 0 saturated heterocycles. The minimum atomic E-state index is 0.295. The van der Waals surface area contributed by atoms with Crippen LogP contribution in [0.5, 0.6) is 11.5 Å². The quantitative estimate of drug-likeness (QED) is 0.782. The summed E-state index contributed by atoms with van der Waals surface area (Å²) < 4.78 is 10.8. The fourth-order valence-corrected chi connectivity index (χ4v) is 3.59. The van der Waals surface area contributed by atoms with Crippen LogP contribution in [0.1, 0.15) is 49.8 Å². The first-order valence-electron chi connectivity index (χ1n) is 9.51. The Labute approximate surface area is 154 Å². The van der Waals surface area contributed by atoms with Crippen LogP contribution in [0.15, 0.2) is 24.3 Å². The Balaban J connectivity index is 1.40. The zero-order valence-corrected chi connectivity index (χ0v) is 15.3. The molecule has 2 aliphatic rings. The molecule has 2 heterocycles. The van der Waals surface area contributed by atoms with Gasteiger partial charge in [0, 0.05) is 24.3 Å². The van der Waals surface area contributed by atoms with Crippen LogP contribution in [0.3, 0.4) is 0 Å². The zero-order valence-electron chi connectivity index (χ0n) is 15.3. The molecule has 1 aliphatic carbocycles. The number of hydrogen-bond acceptors (Lipinski definition) is 6. The van der Waals surface area contributed by atoms with Crippen molar-refractivity contribution < 1.29 is 9.47 Å². The lowest BCUT2D eigenvalue weighted by Gasteiger charge is -2.17. The fourth-order valence-electron chi connectivity index (χ4n) is 3.59. The average Bonchev–Trinajstić information content (AvgIpc) is 2.95. The van der Waals surface area contributed by atoms with Crippen molar-refractivity contribution in [3.63, 3.8) is 0 Å². The van der Waals surface area contributed by atoms with Crippen LogP contribution in [-0.2, 0) is 6.54 Å². The van der Waals surface area contributed by atoms with Crippen LogP contribution < -0.4 is 20.1 Å². The number of rotatable bonds is 5. The summed E-state index contributed by atoms with van der Waals surface area (Å²) in [5.41, 5.74) is 2.07. The van der Waals surface area contributed by atoms with Crippen LogP contribution >= 0.6 is 0 Å². The molecule has 0 spiro atoms. The van der Waals surface area contributed by atoms with E-state index in [1.807, 2.05) is 31.2 Å². The van der Waals surface area contributed by atoms with E-state index in [1.165, 1.54) is 38.5 Å². The average molecular weight is 354 g/mol. The van der Waals surface area contributed by atoms with Gasteiger partial charge in [-0.1, -0.05) is 31.7 Å². The molecule has 1 fully saturated rings. The third-order valence-electron chi connectivity index (χ3n) is 4.95. The Morgan fingerprint density at radius 2 is 1.81 bits per heavy atom.